The Kier molecular flexibility index (Phi) is 11.5. The molecule has 1 aliphatic heterocycles. The predicted octanol–water partition coefficient (Wildman–Crippen LogP) is 2.89. The van der Waals surface area contributed by atoms with Gasteiger partial charge in [-0.3, -0.25) is 9.89 Å². The van der Waals surface area contributed by atoms with E-state index < -0.39 is 9.84 Å². The molecule has 2 atom stereocenters. The zero-order valence-electron chi connectivity index (χ0n) is 18.1. The number of aliphatic imine (C=N–C) groups is 1. The first-order valence-electron chi connectivity index (χ1n) is 10.3. The Morgan fingerprint density at radius 1 is 1.24 bits per heavy atom. The van der Waals surface area contributed by atoms with Crippen LogP contribution in [0.2, 0.25) is 0 Å². The fourth-order valence-electron chi connectivity index (χ4n) is 3.49. The van der Waals surface area contributed by atoms with E-state index in [1.807, 2.05) is 37.3 Å². The molecule has 1 aromatic rings. The lowest BCUT2D eigenvalue weighted by Gasteiger charge is -2.22. The van der Waals surface area contributed by atoms with Crippen molar-refractivity contribution in [1.82, 2.24) is 15.5 Å². The number of nitrogens with zero attached hydrogens (tertiary/aromatic N) is 2. The van der Waals surface area contributed by atoms with Crippen molar-refractivity contribution in [2.45, 2.75) is 52.0 Å². The molecule has 2 rings (SSSR count). The van der Waals surface area contributed by atoms with Crippen LogP contribution in [0.15, 0.2) is 35.3 Å². The molecule has 0 aliphatic carbocycles. The van der Waals surface area contributed by atoms with E-state index in [-0.39, 0.29) is 35.5 Å². The third-order valence-electron chi connectivity index (χ3n) is 5.15. The molecule has 0 radical (unpaired) electrons. The van der Waals surface area contributed by atoms with E-state index in [1.54, 1.807) is 0 Å². The number of benzene rings is 1. The van der Waals surface area contributed by atoms with Crippen LogP contribution in [0.25, 0.3) is 0 Å². The quantitative estimate of drug-likeness (QED) is 0.220. The maximum atomic E-state index is 12.3. The first-order chi connectivity index (χ1) is 13.3. The number of sulfone groups is 1. The van der Waals surface area contributed by atoms with Gasteiger partial charge in [0.1, 0.15) is 0 Å². The number of hydrogen-bond acceptors (Lipinski definition) is 4. The summed E-state index contributed by atoms with van der Waals surface area (Å²) in [5.41, 5.74) is 0.839. The molecule has 0 spiro atoms. The summed E-state index contributed by atoms with van der Waals surface area (Å²) in [7, 11) is -3.11. The largest absolute Gasteiger partial charge is 0.357 e. The molecule has 1 heterocycles. The number of guanidine groups is 1. The Hall–Kier alpha value is -0.870. The summed E-state index contributed by atoms with van der Waals surface area (Å²) >= 11 is 0. The minimum absolute atomic E-state index is 0. The minimum Gasteiger partial charge on any atom is -0.357 e. The molecule has 0 saturated carbocycles. The monoisotopic (exact) mass is 536 g/mol. The molecule has 2 N–H and O–H groups in total. The van der Waals surface area contributed by atoms with Crippen molar-refractivity contribution < 1.29 is 8.42 Å². The van der Waals surface area contributed by atoms with Gasteiger partial charge in [0.2, 0.25) is 0 Å². The van der Waals surface area contributed by atoms with Crippen molar-refractivity contribution in [2.75, 3.05) is 31.9 Å². The minimum atomic E-state index is -3.11. The third-order valence-corrected chi connectivity index (χ3v) is 6.83. The molecular weight excluding hydrogens is 499 g/mol. The summed E-state index contributed by atoms with van der Waals surface area (Å²) in [6, 6.07) is 10.2. The first kappa shape index (κ1) is 26.2. The summed E-state index contributed by atoms with van der Waals surface area (Å²) < 4.78 is 24.6. The van der Waals surface area contributed by atoms with Gasteiger partial charge < -0.3 is 10.6 Å². The predicted molar refractivity (Wildman–Crippen MR) is 133 cm³/mol. The highest BCUT2D eigenvalue weighted by atomic mass is 127. The van der Waals surface area contributed by atoms with Crippen LogP contribution in [0.4, 0.5) is 0 Å². The van der Waals surface area contributed by atoms with Gasteiger partial charge in [0.15, 0.2) is 15.8 Å². The van der Waals surface area contributed by atoms with Gasteiger partial charge in [0, 0.05) is 38.3 Å². The van der Waals surface area contributed by atoms with Crippen molar-refractivity contribution in [3.8, 4) is 0 Å². The van der Waals surface area contributed by atoms with Crippen LogP contribution in [0.3, 0.4) is 0 Å². The summed E-state index contributed by atoms with van der Waals surface area (Å²) in [5.74, 6) is 1.59. The second kappa shape index (κ2) is 12.7. The van der Waals surface area contributed by atoms with Crippen molar-refractivity contribution in [2.24, 2.45) is 10.9 Å². The molecule has 0 bridgehead atoms. The molecule has 1 aromatic carbocycles. The molecule has 0 aromatic heterocycles. The smallest absolute Gasteiger partial charge is 0.191 e. The van der Waals surface area contributed by atoms with E-state index in [9.17, 15) is 8.42 Å². The molecule has 8 heteroatoms. The lowest BCUT2D eigenvalue weighted by atomic mass is 10.1. The second-order valence-corrected chi connectivity index (χ2v) is 10.2. The Morgan fingerprint density at radius 2 is 1.93 bits per heavy atom. The van der Waals surface area contributed by atoms with Crippen LogP contribution in [0.5, 0.6) is 0 Å². The lowest BCUT2D eigenvalue weighted by Crippen LogP contribution is -2.46. The van der Waals surface area contributed by atoms with E-state index in [4.69, 9.17) is 0 Å². The van der Waals surface area contributed by atoms with E-state index in [0.29, 0.717) is 31.0 Å². The van der Waals surface area contributed by atoms with E-state index >= 15 is 0 Å². The number of likely N-dealkylation sites (tertiary alicyclic amines) is 1. The Labute approximate surface area is 193 Å². The molecule has 0 amide bonds. The van der Waals surface area contributed by atoms with Gasteiger partial charge in [-0.15, -0.1) is 24.0 Å². The number of halogens is 1. The Morgan fingerprint density at radius 3 is 2.52 bits per heavy atom. The number of hydrogen-bond donors (Lipinski definition) is 2. The maximum Gasteiger partial charge on any atom is 0.191 e. The van der Waals surface area contributed by atoms with Crippen LogP contribution in [-0.2, 0) is 15.6 Å². The topological polar surface area (TPSA) is 73.8 Å². The molecule has 1 fully saturated rings. The zero-order chi connectivity index (χ0) is 20.6. The number of nitrogens with one attached hydrogen (secondary N) is 2. The second-order valence-electron chi connectivity index (χ2n) is 7.97. The Bertz CT molecular complexity index is 725. The lowest BCUT2D eigenvalue weighted by molar-refractivity contribution is 0.265. The van der Waals surface area contributed by atoms with Crippen LogP contribution in [0, 0.1) is 5.92 Å². The van der Waals surface area contributed by atoms with Crippen molar-refractivity contribution in [1.29, 1.82) is 0 Å². The van der Waals surface area contributed by atoms with Gasteiger partial charge in [-0.1, -0.05) is 37.3 Å². The van der Waals surface area contributed by atoms with Gasteiger partial charge in [0.25, 0.3) is 0 Å². The maximum absolute atomic E-state index is 12.3. The SMILES string of the molecule is CCNC(=NCCCS(=O)(=O)Cc1ccccc1)NC1CN(C(C)C)CC1C.I. The molecule has 2 unspecified atom stereocenters. The Balaban J connectivity index is 0.00000420. The number of rotatable bonds is 9. The van der Waals surface area contributed by atoms with Crippen molar-refractivity contribution >= 4 is 39.8 Å². The van der Waals surface area contributed by atoms with Gasteiger partial charge in [-0.2, -0.15) is 0 Å². The summed E-state index contributed by atoms with van der Waals surface area (Å²) in [6.45, 7) is 12.1. The van der Waals surface area contributed by atoms with Crippen LogP contribution in [0.1, 0.15) is 39.7 Å². The highest BCUT2D eigenvalue weighted by molar-refractivity contribution is 14.0. The van der Waals surface area contributed by atoms with Gasteiger partial charge in [0.05, 0.1) is 11.5 Å². The first-order valence-corrected chi connectivity index (χ1v) is 12.2. The summed E-state index contributed by atoms with van der Waals surface area (Å²) in [5, 5.41) is 6.82. The van der Waals surface area contributed by atoms with Crippen LogP contribution < -0.4 is 10.6 Å². The van der Waals surface area contributed by atoms with Gasteiger partial charge in [-0.25, -0.2) is 8.42 Å². The standard InChI is InChI=1S/C21H36N4O2S.HI/c1-5-22-21(24-20-15-25(17(2)3)14-18(20)4)23-12-9-13-28(26,27)16-19-10-7-6-8-11-19;/h6-8,10-11,17-18,20H,5,9,12-16H2,1-4H3,(H2,22,23,24);1H. The van der Waals surface area contributed by atoms with E-state index in [2.05, 4.69) is 41.3 Å². The highest BCUT2D eigenvalue weighted by Gasteiger charge is 2.31. The van der Waals surface area contributed by atoms with Crippen LogP contribution >= 0.6 is 24.0 Å². The van der Waals surface area contributed by atoms with Gasteiger partial charge in [-0.05, 0) is 38.7 Å². The van der Waals surface area contributed by atoms with Crippen LogP contribution in [-0.4, -0.2) is 63.3 Å². The summed E-state index contributed by atoms with van der Waals surface area (Å²) in [4.78, 5) is 7.08. The third kappa shape index (κ3) is 9.21. The van der Waals surface area contributed by atoms with E-state index in [1.165, 1.54) is 0 Å². The zero-order valence-corrected chi connectivity index (χ0v) is 21.2. The highest BCUT2D eigenvalue weighted by Crippen LogP contribution is 2.18. The van der Waals surface area contributed by atoms with Crippen molar-refractivity contribution in [3.63, 3.8) is 0 Å². The molecule has 166 valence electrons. The average molecular weight is 537 g/mol. The molecule has 6 nitrogen and oxygen atoms in total. The van der Waals surface area contributed by atoms with Crippen molar-refractivity contribution in [3.05, 3.63) is 35.9 Å². The molecular formula is C21H37IN4O2S. The molecule has 29 heavy (non-hydrogen) atoms. The average Bonchev–Trinajstić information content (AvgIpc) is 3.00. The molecule has 1 aliphatic rings. The normalized spacial score (nSPS) is 20.5. The fourth-order valence-corrected chi connectivity index (χ4v) is 4.90. The fraction of sp³-hybridized carbons (Fsp3) is 0.667. The van der Waals surface area contributed by atoms with Gasteiger partial charge >= 0.3 is 0 Å². The molecule has 1 saturated heterocycles. The van der Waals surface area contributed by atoms with E-state index in [0.717, 1.165) is 31.2 Å². The summed E-state index contributed by atoms with van der Waals surface area (Å²) in [6.07, 6.45) is 0.532.